The molecule has 0 bridgehead atoms. The van der Waals surface area contributed by atoms with Crippen molar-refractivity contribution in [2.24, 2.45) is 0 Å². The van der Waals surface area contributed by atoms with Crippen LogP contribution in [-0.4, -0.2) is 27.8 Å². The highest BCUT2D eigenvalue weighted by Crippen LogP contribution is 2.28. The fourth-order valence-electron chi connectivity index (χ4n) is 4.64. The van der Waals surface area contributed by atoms with Crippen molar-refractivity contribution in [3.63, 3.8) is 0 Å². The van der Waals surface area contributed by atoms with Crippen molar-refractivity contribution >= 4 is 11.5 Å². The number of anilines is 1. The lowest BCUT2D eigenvalue weighted by atomic mass is 9.96. The first-order valence-electron chi connectivity index (χ1n) is 14.8. The van der Waals surface area contributed by atoms with Crippen molar-refractivity contribution < 1.29 is 8.78 Å². The summed E-state index contributed by atoms with van der Waals surface area (Å²) in [6.45, 7) is 9.82. The molecule has 226 valence electrons. The highest BCUT2D eigenvalue weighted by molar-refractivity contribution is 5.73. The molecule has 2 N–H and O–H groups in total. The monoisotopic (exact) mass is 591 g/mol. The first-order chi connectivity index (χ1) is 21.3. The molecule has 4 aromatic carbocycles. The minimum Gasteiger partial charge on any atom is -0.339 e. The highest BCUT2D eigenvalue weighted by Gasteiger charge is 2.13. The van der Waals surface area contributed by atoms with Gasteiger partial charge in [0.25, 0.3) is 0 Å². The Kier molecular flexibility index (Phi) is 10.9. The Morgan fingerprint density at radius 1 is 0.659 bits per heavy atom. The molecule has 1 unspecified atom stereocenters. The molecule has 0 amide bonds. The molecular weight excluding hydrogens is 552 g/mol. The number of hydrogen-bond donors (Lipinski definition) is 2. The molecule has 6 rings (SSSR count). The summed E-state index contributed by atoms with van der Waals surface area (Å²) in [5.41, 5.74) is 8.39. The molecule has 0 saturated heterocycles. The number of rotatable bonds is 6. The fourth-order valence-corrected chi connectivity index (χ4v) is 4.64. The van der Waals surface area contributed by atoms with E-state index < -0.39 is 0 Å². The molecular formula is C37H39F2N5. The lowest BCUT2D eigenvalue weighted by molar-refractivity contribution is 0.625. The van der Waals surface area contributed by atoms with E-state index in [0.717, 1.165) is 50.3 Å². The summed E-state index contributed by atoms with van der Waals surface area (Å²) in [5, 5.41) is 11.3. The van der Waals surface area contributed by atoms with Crippen LogP contribution in [0.15, 0.2) is 109 Å². The Labute approximate surface area is 258 Å². The predicted octanol–water partition coefficient (Wildman–Crippen LogP) is 9.32. The van der Waals surface area contributed by atoms with Gasteiger partial charge in [-0.15, -0.1) is 0 Å². The third kappa shape index (κ3) is 7.74. The largest absolute Gasteiger partial charge is 0.339 e. The van der Waals surface area contributed by atoms with Crippen LogP contribution < -0.4 is 10.6 Å². The van der Waals surface area contributed by atoms with Gasteiger partial charge in [0.2, 0.25) is 5.95 Å². The summed E-state index contributed by atoms with van der Waals surface area (Å²) in [4.78, 5) is 4.82. The normalized spacial score (nSPS) is 11.2. The van der Waals surface area contributed by atoms with E-state index in [4.69, 9.17) is 10.1 Å². The van der Waals surface area contributed by atoms with Crippen LogP contribution in [0.25, 0.3) is 39.2 Å². The second-order valence-corrected chi connectivity index (χ2v) is 10.1. The van der Waals surface area contributed by atoms with Crippen LogP contribution in [0.4, 0.5) is 14.7 Å². The minimum absolute atomic E-state index is 0.0705. The number of fused-ring (bicyclic) bond motifs is 1. The van der Waals surface area contributed by atoms with E-state index in [0.29, 0.717) is 5.95 Å². The van der Waals surface area contributed by atoms with Crippen LogP contribution in [-0.2, 0) is 0 Å². The van der Waals surface area contributed by atoms with Crippen molar-refractivity contribution in [3.8, 4) is 33.6 Å². The van der Waals surface area contributed by atoms with Crippen LogP contribution in [0.1, 0.15) is 31.9 Å². The summed E-state index contributed by atoms with van der Waals surface area (Å²) in [5.74, 6) is 0.110. The minimum atomic E-state index is -0.302. The number of nitrogens with one attached hydrogen (secondary N) is 2. The SMILES string of the molecule is CC.CNC(C)Nc1nc(-c2ccccc2)cc2cc(-c3ccccc3)nn12.Cc1ccc(F)cc1-c1cc(F)ccc1C. The van der Waals surface area contributed by atoms with Gasteiger partial charge in [-0.2, -0.15) is 9.61 Å². The topological polar surface area (TPSA) is 54.2 Å². The molecule has 0 fully saturated rings. The van der Waals surface area contributed by atoms with Crippen molar-refractivity contribution in [2.45, 2.75) is 40.8 Å². The van der Waals surface area contributed by atoms with Gasteiger partial charge in [-0.1, -0.05) is 86.6 Å². The van der Waals surface area contributed by atoms with Gasteiger partial charge in [0.1, 0.15) is 11.6 Å². The number of benzene rings is 4. The van der Waals surface area contributed by atoms with E-state index in [9.17, 15) is 8.78 Å². The first-order valence-corrected chi connectivity index (χ1v) is 14.8. The molecule has 0 aliphatic heterocycles. The Balaban J connectivity index is 0.000000211. The van der Waals surface area contributed by atoms with E-state index >= 15 is 0 Å². The zero-order chi connectivity index (χ0) is 31.6. The maximum absolute atomic E-state index is 13.2. The maximum atomic E-state index is 13.2. The second-order valence-electron chi connectivity index (χ2n) is 10.1. The second kappa shape index (κ2) is 15.0. The zero-order valence-electron chi connectivity index (χ0n) is 26.1. The van der Waals surface area contributed by atoms with E-state index in [2.05, 4.69) is 47.0 Å². The van der Waals surface area contributed by atoms with Crippen LogP contribution in [0, 0.1) is 25.5 Å². The first kappa shape index (κ1) is 32.0. The molecule has 44 heavy (non-hydrogen) atoms. The quantitative estimate of drug-likeness (QED) is 0.190. The molecule has 0 spiro atoms. The average Bonchev–Trinajstić information content (AvgIpc) is 3.50. The molecule has 0 radical (unpaired) electrons. The van der Waals surface area contributed by atoms with Crippen molar-refractivity contribution in [1.29, 1.82) is 0 Å². The molecule has 0 aliphatic carbocycles. The van der Waals surface area contributed by atoms with Crippen molar-refractivity contribution in [1.82, 2.24) is 19.9 Å². The van der Waals surface area contributed by atoms with Gasteiger partial charge in [-0.25, -0.2) is 13.8 Å². The summed E-state index contributed by atoms with van der Waals surface area (Å²) in [6.07, 6.45) is 0.0705. The maximum Gasteiger partial charge on any atom is 0.226 e. The van der Waals surface area contributed by atoms with Gasteiger partial charge in [-0.05, 0) is 86.5 Å². The molecule has 2 heterocycles. The molecule has 2 aromatic heterocycles. The lowest BCUT2D eigenvalue weighted by Crippen LogP contribution is -2.31. The van der Waals surface area contributed by atoms with Crippen LogP contribution >= 0.6 is 0 Å². The average molecular weight is 592 g/mol. The molecule has 7 heteroatoms. The van der Waals surface area contributed by atoms with Gasteiger partial charge >= 0.3 is 0 Å². The predicted molar refractivity (Wildman–Crippen MR) is 179 cm³/mol. The zero-order valence-corrected chi connectivity index (χ0v) is 26.1. The highest BCUT2D eigenvalue weighted by atomic mass is 19.1. The molecule has 0 aliphatic rings. The van der Waals surface area contributed by atoms with Crippen LogP contribution in [0.3, 0.4) is 0 Å². The van der Waals surface area contributed by atoms with Gasteiger partial charge in [0.05, 0.1) is 23.1 Å². The molecule has 5 nitrogen and oxygen atoms in total. The molecule has 1 atom stereocenters. The molecule has 6 aromatic rings. The number of nitrogens with zero attached hydrogens (tertiary/aromatic N) is 3. The summed E-state index contributed by atoms with van der Waals surface area (Å²) in [7, 11) is 1.91. The summed E-state index contributed by atoms with van der Waals surface area (Å²) in [6, 6.07) is 33.7. The fraction of sp³-hybridized carbons (Fsp3) is 0.189. The third-order valence-electron chi connectivity index (χ3n) is 7.06. The van der Waals surface area contributed by atoms with E-state index in [-0.39, 0.29) is 17.8 Å². The Bertz CT molecular complexity index is 1750. The van der Waals surface area contributed by atoms with E-state index in [1.165, 1.54) is 24.3 Å². The van der Waals surface area contributed by atoms with Crippen LogP contribution in [0.5, 0.6) is 0 Å². The van der Waals surface area contributed by atoms with Gasteiger partial charge in [0, 0.05) is 11.1 Å². The van der Waals surface area contributed by atoms with E-state index in [1.54, 1.807) is 12.1 Å². The number of aromatic nitrogens is 3. The van der Waals surface area contributed by atoms with Crippen molar-refractivity contribution in [3.05, 3.63) is 132 Å². The van der Waals surface area contributed by atoms with Gasteiger partial charge in [0.15, 0.2) is 0 Å². The van der Waals surface area contributed by atoms with E-state index in [1.807, 2.05) is 82.6 Å². The van der Waals surface area contributed by atoms with Gasteiger partial charge < -0.3 is 10.6 Å². The van der Waals surface area contributed by atoms with Crippen molar-refractivity contribution in [2.75, 3.05) is 12.4 Å². The third-order valence-corrected chi connectivity index (χ3v) is 7.06. The number of aryl methyl sites for hydroxylation is 2. The standard InChI is InChI=1S/C21H21N5.C14H12F2.C2H6/c1-15(22-2)23-21-24-19(16-9-5-3-6-10-16)13-18-14-20(25-26(18)21)17-11-7-4-8-12-17;1-9-3-5-11(15)7-13(9)14-8-12(16)6-4-10(14)2;1-2/h3-15,22H,1-2H3,(H,23,24);3-8H,1-2H3;1-2H3. The summed E-state index contributed by atoms with van der Waals surface area (Å²) < 4.78 is 28.2. The number of halogens is 2. The molecule has 0 saturated carbocycles. The number of hydrogen-bond acceptors (Lipinski definition) is 4. The Morgan fingerprint density at radius 2 is 1.14 bits per heavy atom. The Morgan fingerprint density at radius 3 is 1.64 bits per heavy atom. The van der Waals surface area contributed by atoms with Gasteiger partial charge in [-0.3, -0.25) is 0 Å². The smallest absolute Gasteiger partial charge is 0.226 e. The lowest BCUT2D eigenvalue weighted by Gasteiger charge is -2.15. The summed E-state index contributed by atoms with van der Waals surface area (Å²) >= 11 is 0. The Hall–Kier alpha value is -4.88. The van der Waals surface area contributed by atoms with Crippen LogP contribution in [0.2, 0.25) is 0 Å².